The lowest BCUT2D eigenvalue weighted by Crippen LogP contribution is -2.74. The van der Waals surface area contributed by atoms with Crippen LogP contribution in [-0.4, -0.2) is 90.9 Å². The average molecular weight is 835 g/mol. The van der Waals surface area contributed by atoms with E-state index in [4.69, 9.17) is 25.5 Å². The smallest absolute Gasteiger partial charge is 0.290 e. The number of carbonyl (C=O) groups is 4. The largest absolute Gasteiger partial charge is 0.494 e. The number of rotatable bonds is 13. The molecule has 4 aromatic rings. The predicted molar refractivity (Wildman–Crippen MR) is 226 cm³/mol. The van der Waals surface area contributed by atoms with Crippen LogP contribution in [0.3, 0.4) is 0 Å². The van der Waals surface area contributed by atoms with Gasteiger partial charge in [0.1, 0.15) is 35.3 Å². The highest BCUT2D eigenvalue weighted by molar-refractivity contribution is 6.31. The highest BCUT2D eigenvalue weighted by atomic mass is 35.5. The normalized spacial score (nSPS) is 22.2. The maximum absolute atomic E-state index is 13.3. The molecule has 1 aliphatic carbocycles. The molecule has 4 amide bonds. The number of ether oxygens (including phenoxy) is 2. The molecule has 314 valence electrons. The minimum atomic E-state index is -0.662. The van der Waals surface area contributed by atoms with E-state index in [0.29, 0.717) is 47.1 Å². The van der Waals surface area contributed by atoms with Crippen molar-refractivity contribution >= 4 is 51.9 Å². The number of fused-ring (bicyclic) bond motifs is 3. The van der Waals surface area contributed by atoms with Gasteiger partial charge in [-0.2, -0.15) is 5.26 Å². The molecule has 4 heterocycles. The molecular weight excluding hydrogens is 784 g/mol. The third kappa shape index (κ3) is 7.90. The van der Waals surface area contributed by atoms with Crippen molar-refractivity contribution in [1.82, 2.24) is 20.4 Å². The Hall–Kier alpha value is -5.58. The number of piperazine rings is 1. The maximum Gasteiger partial charge on any atom is 0.290 e. The number of carbonyl (C=O) groups excluding carboxylic acids is 4. The molecule has 4 aliphatic rings. The van der Waals surface area contributed by atoms with Gasteiger partial charge < -0.3 is 29.0 Å². The van der Waals surface area contributed by atoms with E-state index >= 15 is 0 Å². The second kappa shape index (κ2) is 16.5. The molecule has 13 nitrogen and oxygen atoms in total. The number of piperidine rings is 1. The van der Waals surface area contributed by atoms with Gasteiger partial charge in [-0.3, -0.25) is 29.4 Å². The molecule has 1 aromatic heterocycles. The Kier molecular flexibility index (Phi) is 11.3. The van der Waals surface area contributed by atoms with Crippen LogP contribution in [0.15, 0.2) is 65.1 Å². The van der Waals surface area contributed by atoms with E-state index in [2.05, 4.69) is 60.3 Å². The lowest BCUT2D eigenvalue weighted by atomic mass is 9.49. The number of furan rings is 1. The Bertz CT molecular complexity index is 2340. The number of nitrogens with zero attached hydrogens (tertiary/aromatic N) is 4. The summed E-state index contributed by atoms with van der Waals surface area (Å²) in [4.78, 5) is 56.9. The molecule has 0 bridgehead atoms. The number of benzene rings is 3. The third-order valence-electron chi connectivity index (χ3n) is 12.8. The topological polar surface area (TPSA) is 157 Å². The van der Waals surface area contributed by atoms with Crippen LogP contribution in [0.1, 0.15) is 91.8 Å². The van der Waals surface area contributed by atoms with Crippen molar-refractivity contribution in [3.63, 3.8) is 0 Å². The molecule has 0 radical (unpaired) electrons. The van der Waals surface area contributed by atoms with E-state index < -0.39 is 11.9 Å². The van der Waals surface area contributed by atoms with Gasteiger partial charge in [0.2, 0.25) is 11.8 Å². The fraction of sp³-hybridized carbons (Fsp3) is 0.457. The number of unbranched alkanes of at least 4 members (excludes halogenated alkanes) is 2. The van der Waals surface area contributed by atoms with Crippen LogP contribution >= 0.6 is 11.6 Å². The van der Waals surface area contributed by atoms with Crippen LogP contribution in [0, 0.1) is 22.2 Å². The number of amides is 4. The van der Waals surface area contributed by atoms with Crippen LogP contribution in [0.4, 0.5) is 5.69 Å². The van der Waals surface area contributed by atoms with Crippen LogP contribution < -0.4 is 25.0 Å². The lowest BCUT2D eigenvalue weighted by molar-refractivity contribution is -0.164. The van der Waals surface area contributed by atoms with Crippen LogP contribution in [0.5, 0.6) is 11.5 Å². The van der Waals surface area contributed by atoms with Gasteiger partial charge in [-0.05, 0) is 80.8 Å². The number of nitrogens with one attached hydrogen (secondary N) is 2. The summed E-state index contributed by atoms with van der Waals surface area (Å²) in [7, 11) is 0. The fourth-order valence-electron chi connectivity index (χ4n) is 9.82. The van der Waals surface area contributed by atoms with E-state index in [9.17, 15) is 24.4 Å². The summed E-state index contributed by atoms with van der Waals surface area (Å²) in [6.45, 7) is 14.0. The minimum Gasteiger partial charge on any atom is -0.494 e. The third-order valence-corrected chi connectivity index (χ3v) is 13.1. The van der Waals surface area contributed by atoms with E-state index in [1.807, 2.05) is 24.3 Å². The molecule has 14 heteroatoms. The van der Waals surface area contributed by atoms with Gasteiger partial charge >= 0.3 is 0 Å². The Morgan fingerprint density at radius 1 is 0.950 bits per heavy atom. The number of halogens is 1. The van der Waals surface area contributed by atoms with Crippen molar-refractivity contribution in [3.8, 4) is 17.6 Å². The average Bonchev–Trinajstić information content (AvgIpc) is 3.75. The zero-order chi connectivity index (χ0) is 42.3. The quantitative estimate of drug-likeness (QED) is 0.110. The molecular formula is C46H51ClN6O7. The number of imide groups is 1. The van der Waals surface area contributed by atoms with Gasteiger partial charge in [-0.1, -0.05) is 39.3 Å². The second-order valence-electron chi connectivity index (χ2n) is 17.6. The SMILES string of the molecule is CC1(C)C(NC(=O)c2ccc(OCCCCCN3CCN(c4ccc5c6c(oc5c4)C(=O)N(C4CCC(=O)NC4=O)C6)CC3)cc2)C(C)(C)C1Oc1ccc(C#N)c(Cl)c1. The standard InChI is InChI=1S/C46H51ClN6O7/c1-45(2)43(46(3,4)44(45)59-32-14-10-29(26-48)35(47)25-32)50-40(55)28-8-12-31(13-9-28)58-23-7-5-6-18-51-19-21-52(22-20-51)30-11-15-33-34-27-53(36-16-17-38(54)49-41(36)56)42(57)39(34)60-37(33)24-30/h8-15,24-25,36,43-44H,5-7,16-23,27H2,1-4H3,(H,50,55)(H,49,54,56). The monoisotopic (exact) mass is 834 g/mol. The molecule has 2 saturated heterocycles. The summed E-state index contributed by atoms with van der Waals surface area (Å²) >= 11 is 6.24. The molecule has 8 rings (SSSR count). The van der Waals surface area contributed by atoms with Gasteiger partial charge in [-0.15, -0.1) is 0 Å². The molecule has 1 saturated carbocycles. The van der Waals surface area contributed by atoms with E-state index in [1.165, 1.54) is 4.90 Å². The van der Waals surface area contributed by atoms with Gasteiger partial charge in [0.15, 0.2) is 5.76 Å². The molecule has 1 unspecified atom stereocenters. The van der Waals surface area contributed by atoms with Crippen molar-refractivity contribution in [2.45, 2.75) is 84.5 Å². The van der Waals surface area contributed by atoms with E-state index in [1.54, 1.807) is 30.3 Å². The molecule has 3 aromatic carbocycles. The summed E-state index contributed by atoms with van der Waals surface area (Å²) in [5.41, 5.74) is 2.79. The van der Waals surface area contributed by atoms with Crippen LogP contribution in [0.2, 0.25) is 5.02 Å². The summed E-state index contributed by atoms with van der Waals surface area (Å²) < 4.78 is 18.4. The second-order valence-corrected chi connectivity index (χ2v) is 18.0. The van der Waals surface area contributed by atoms with Crippen molar-refractivity contribution < 1.29 is 33.1 Å². The highest BCUT2D eigenvalue weighted by Crippen LogP contribution is 2.55. The molecule has 60 heavy (non-hydrogen) atoms. The molecule has 3 fully saturated rings. The molecule has 2 N–H and O–H groups in total. The zero-order valence-electron chi connectivity index (χ0n) is 34.5. The molecule has 1 atom stereocenters. The van der Waals surface area contributed by atoms with Gasteiger partial charge in [0, 0.05) is 83.8 Å². The van der Waals surface area contributed by atoms with Crippen molar-refractivity contribution in [2.75, 3.05) is 44.2 Å². The summed E-state index contributed by atoms with van der Waals surface area (Å²) in [5, 5.41) is 16.0. The maximum atomic E-state index is 13.3. The lowest BCUT2D eigenvalue weighted by Gasteiger charge is -2.63. The number of anilines is 1. The Morgan fingerprint density at radius 3 is 2.38 bits per heavy atom. The van der Waals surface area contributed by atoms with Gasteiger partial charge in [-0.25, -0.2) is 0 Å². The van der Waals surface area contributed by atoms with Crippen molar-refractivity contribution in [1.29, 1.82) is 5.26 Å². The first-order valence-electron chi connectivity index (χ1n) is 20.8. The predicted octanol–water partition coefficient (Wildman–Crippen LogP) is 6.70. The van der Waals surface area contributed by atoms with Crippen LogP contribution in [-0.2, 0) is 16.1 Å². The number of hydrogen-bond acceptors (Lipinski definition) is 10. The van der Waals surface area contributed by atoms with Gasteiger partial charge in [0.25, 0.3) is 11.8 Å². The first kappa shape index (κ1) is 41.2. The molecule has 0 spiro atoms. The van der Waals surface area contributed by atoms with Crippen molar-refractivity contribution in [3.05, 3.63) is 88.1 Å². The zero-order valence-corrected chi connectivity index (χ0v) is 35.3. The minimum absolute atomic E-state index is 0.131. The fourth-order valence-corrected chi connectivity index (χ4v) is 10.0. The van der Waals surface area contributed by atoms with Crippen LogP contribution in [0.25, 0.3) is 11.0 Å². The Balaban J connectivity index is 0.731. The molecule has 3 aliphatic heterocycles. The first-order valence-corrected chi connectivity index (χ1v) is 21.2. The Morgan fingerprint density at radius 2 is 1.68 bits per heavy atom. The van der Waals surface area contributed by atoms with Crippen molar-refractivity contribution in [2.24, 2.45) is 10.8 Å². The summed E-state index contributed by atoms with van der Waals surface area (Å²) in [5.74, 6) is 0.435. The highest BCUT2D eigenvalue weighted by Gasteiger charge is 2.64. The number of hydrogen-bond donors (Lipinski definition) is 2. The summed E-state index contributed by atoms with van der Waals surface area (Å²) in [6, 6.07) is 19.7. The van der Waals surface area contributed by atoms with E-state index in [0.717, 1.165) is 74.4 Å². The number of nitriles is 1. The Labute approximate surface area is 354 Å². The first-order chi connectivity index (χ1) is 28.7. The van der Waals surface area contributed by atoms with E-state index in [-0.39, 0.29) is 52.9 Å². The van der Waals surface area contributed by atoms with Gasteiger partial charge in [0.05, 0.1) is 23.7 Å². The summed E-state index contributed by atoms with van der Waals surface area (Å²) in [6.07, 6.45) is 3.43.